The van der Waals surface area contributed by atoms with Gasteiger partial charge in [-0.2, -0.15) is 10.2 Å². The summed E-state index contributed by atoms with van der Waals surface area (Å²) in [5.74, 6) is -1.16. The molecule has 0 spiro atoms. The van der Waals surface area contributed by atoms with Crippen LogP contribution in [0.15, 0.2) is 54.6 Å². The van der Waals surface area contributed by atoms with Gasteiger partial charge in [0.2, 0.25) is 23.7 Å². The van der Waals surface area contributed by atoms with Crippen molar-refractivity contribution in [1.29, 1.82) is 0 Å². The zero-order chi connectivity index (χ0) is 42.5. The molecule has 19 heteroatoms. The predicted octanol–water partition coefficient (Wildman–Crippen LogP) is 2.91. The van der Waals surface area contributed by atoms with Gasteiger partial charge in [-0.3, -0.25) is 39.4 Å². The summed E-state index contributed by atoms with van der Waals surface area (Å²) in [6.07, 6.45) is 4.50. The number of nitrogens with zero attached hydrogens (tertiary/aromatic N) is 8. The van der Waals surface area contributed by atoms with E-state index < -0.39 is 17.7 Å². The Morgan fingerprint density at radius 1 is 0.883 bits per heavy atom. The number of benzene rings is 2. The Labute approximate surface area is 345 Å². The highest BCUT2D eigenvalue weighted by atomic mass is 16.5. The van der Waals surface area contributed by atoms with Gasteiger partial charge < -0.3 is 30.1 Å². The summed E-state index contributed by atoms with van der Waals surface area (Å²) >= 11 is 0. The minimum absolute atomic E-state index is 0.206. The number of nitrogens with one attached hydrogen (secondary N) is 3. The van der Waals surface area contributed by atoms with Crippen LogP contribution in [0.5, 0.6) is 5.75 Å². The van der Waals surface area contributed by atoms with E-state index in [4.69, 9.17) is 25.9 Å². The van der Waals surface area contributed by atoms with Crippen molar-refractivity contribution in [3.63, 3.8) is 0 Å². The number of allylic oxidation sites excluding steroid dienone is 2. The number of H-pyrrole nitrogens is 1. The van der Waals surface area contributed by atoms with Crippen molar-refractivity contribution >= 4 is 57.6 Å². The van der Waals surface area contributed by atoms with Crippen LogP contribution in [0.4, 0.5) is 11.9 Å². The number of aryl methyl sites for hydroxylation is 4. The molecular formula is C41H50N13O6+. The normalized spacial score (nSPS) is 13.4. The second-order valence-corrected chi connectivity index (χ2v) is 14.5. The average Bonchev–Trinajstić information content (AvgIpc) is 4.00. The summed E-state index contributed by atoms with van der Waals surface area (Å²) in [5, 5.41) is 13.5. The van der Waals surface area contributed by atoms with Crippen LogP contribution < -0.4 is 31.5 Å². The highest BCUT2D eigenvalue weighted by Gasteiger charge is 2.25. The number of fused-ring (bicyclic) bond motifs is 2. The molecule has 2 aromatic carbocycles. The zero-order valence-corrected chi connectivity index (χ0v) is 34.2. The molecule has 1 fully saturated rings. The number of amides is 4. The van der Waals surface area contributed by atoms with E-state index in [0.29, 0.717) is 77.8 Å². The third-order valence-electron chi connectivity index (χ3n) is 10.2. The van der Waals surface area contributed by atoms with Gasteiger partial charge in [0.25, 0.3) is 11.6 Å². The van der Waals surface area contributed by atoms with E-state index in [0.717, 1.165) is 31.7 Å². The Kier molecular flexibility index (Phi) is 12.4. The maximum absolute atomic E-state index is 13.8. The number of nitrogens with two attached hydrogens (primary N) is 2. The van der Waals surface area contributed by atoms with Crippen molar-refractivity contribution < 1.29 is 33.3 Å². The molecule has 314 valence electrons. The number of carbonyl (C=O) groups is 4. The van der Waals surface area contributed by atoms with Gasteiger partial charge in [-0.1, -0.05) is 12.2 Å². The van der Waals surface area contributed by atoms with Crippen LogP contribution in [0.3, 0.4) is 0 Å². The second kappa shape index (κ2) is 18.0. The van der Waals surface area contributed by atoms with Crippen molar-refractivity contribution in [3.8, 4) is 5.75 Å². The van der Waals surface area contributed by atoms with Crippen molar-refractivity contribution in [3.05, 3.63) is 88.5 Å². The summed E-state index contributed by atoms with van der Waals surface area (Å²) in [7, 11) is 0. The number of anilines is 2. The number of hydrogen-bond acceptors (Lipinski definition) is 10. The average molecular weight is 821 g/mol. The number of ether oxygens (including phenoxy) is 2. The number of imidazole rings is 2. The molecule has 0 saturated carbocycles. The van der Waals surface area contributed by atoms with Gasteiger partial charge in [0.1, 0.15) is 17.0 Å². The van der Waals surface area contributed by atoms with Gasteiger partial charge in [-0.25, -0.2) is 9.97 Å². The standard InChI is InChI=1S/C41H49N13O6/c1-5-53-32(20-25(3)48-53)38(57)46-40-44-29-22-27(36(42)55)10-11-31(29)51(40)13-7-8-14-52-35-30(45-41(52)47-39(58)33-21-26(4)49-54(33)6-2)23-28(37(43)56)24-34(35)60-17-9-12-50-15-18-59-19-16-50/h7-8,10-11,20-24H,5-6,9,12-19H2,1-4H3,(H6,42,43,44,45,46,47,55,56,57,58)/p+1. The summed E-state index contributed by atoms with van der Waals surface area (Å²) in [6.45, 7) is 13.3. The molecule has 6 aromatic rings. The first-order chi connectivity index (χ1) is 28.9. The Balaban J connectivity index is 1.22. The molecule has 5 heterocycles. The lowest BCUT2D eigenvalue weighted by Gasteiger charge is -2.26. The van der Waals surface area contributed by atoms with Crippen LogP contribution >= 0.6 is 0 Å². The minimum atomic E-state index is -0.646. The first-order valence-electron chi connectivity index (χ1n) is 19.9. The number of primary amides is 2. The van der Waals surface area contributed by atoms with E-state index in [-0.39, 0.29) is 42.0 Å². The Bertz CT molecular complexity index is 2610. The van der Waals surface area contributed by atoms with Crippen molar-refractivity contribution in [2.24, 2.45) is 11.5 Å². The second-order valence-electron chi connectivity index (χ2n) is 14.5. The third-order valence-corrected chi connectivity index (χ3v) is 10.2. The molecule has 1 aliphatic heterocycles. The molecule has 60 heavy (non-hydrogen) atoms. The number of carbonyl (C=O) groups excluding carboxylic acids is 4. The summed E-state index contributed by atoms with van der Waals surface area (Å²) in [4.78, 5) is 63.6. The lowest BCUT2D eigenvalue weighted by atomic mass is 10.1. The van der Waals surface area contributed by atoms with Gasteiger partial charge in [0.05, 0.1) is 47.8 Å². The summed E-state index contributed by atoms with van der Waals surface area (Å²) in [5.41, 5.74) is 16.2. The van der Waals surface area contributed by atoms with Crippen LogP contribution in [0.25, 0.3) is 22.1 Å². The van der Waals surface area contributed by atoms with Crippen LogP contribution in [-0.4, -0.2) is 102 Å². The molecule has 4 aromatic heterocycles. The highest BCUT2D eigenvalue weighted by molar-refractivity contribution is 6.05. The number of aromatic nitrogens is 8. The highest BCUT2D eigenvalue weighted by Crippen LogP contribution is 2.32. The van der Waals surface area contributed by atoms with Crippen LogP contribution in [0.1, 0.15) is 73.3 Å². The fraction of sp³-hybridized carbons (Fsp3) is 0.366. The third kappa shape index (κ3) is 8.91. The fourth-order valence-electron chi connectivity index (χ4n) is 7.30. The Morgan fingerprint density at radius 3 is 2.28 bits per heavy atom. The van der Waals surface area contributed by atoms with Gasteiger partial charge in [0, 0.05) is 56.5 Å². The molecule has 0 atom stereocenters. The van der Waals surface area contributed by atoms with Crippen molar-refractivity contribution in [1.82, 2.24) is 38.9 Å². The predicted molar refractivity (Wildman–Crippen MR) is 223 cm³/mol. The van der Waals surface area contributed by atoms with E-state index in [2.05, 4.69) is 30.7 Å². The lowest BCUT2D eigenvalue weighted by molar-refractivity contribution is -0.748. The van der Waals surface area contributed by atoms with E-state index in [9.17, 15) is 19.2 Å². The van der Waals surface area contributed by atoms with Crippen LogP contribution in [0.2, 0.25) is 0 Å². The first kappa shape index (κ1) is 41.3. The largest absolute Gasteiger partial charge is 0.491 e. The molecule has 7 rings (SSSR count). The van der Waals surface area contributed by atoms with Gasteiger partial charge >= 0.3 is 5.91 Å². The SMILES string of the molecule is CCn1nc(C)cc1C(=O)Nc1nc2cc(C(N)=O)cc(OCCCN3CCOCC3)c2n1CC=CCn1c(NC(=O)c2cc(C)[nH][n+]2CC)nc2cc(C(N)=O)ccc21. The van der Waals surface area contributed by atoms with E-state index >= 15 is 0 Å². The monoisotopic (exact) mass is 820 g/mol. The topological polar surface area (TPSA) is 239 Å². The van der Waals surface area contributed by atoms with E-state index in [1.54, 1.807) is 56.4 Å². The smallest absolute Gasteiger partial charge is 0.325 e. The van der Waals surface area contributed by atoms with E-state index in [1.807, 2.05) is 44.4 Å². The van der Waals surface area contributed by atoms with Gasteiger partial charge in [0.15, 0.2) is 6.54 Å². The first-order valence-corrected chi connectivity index (χ1v) is 19.9. The molecular weight excluding hydrogens is 771 g/mol. The molecule has 7 N–H and O–H groups in total. The zero-order valence-electron chi connectivity index (χ0n) is 34.2. The molecule has 0 unspecified atom stereocenters. The molecule has 4 amide bonds. The molecule has 1 aliphatic rings. The number of morpholine rings is 1. The summed E-state index contributed by atoms with van der Waals surface area (Å²) < 4.78 is 18.8. The summed E-state index contributed by atoms with van der Waals surface area (Å²) in [6, 6.07) is 11.6. The molecule has 0 aliphatic carbocycles. The number of aromatic amines is 1. The molecule has 0 bridgehead atoms. The molecule has 0 radical (unpaired) electrons. The maximum Gasteiger partial charge on any atom is 0.325 e. The maximum atomic E-state index is 13.8. The van der Waals surface area contributed by atoms with Crippen LogP contribution in [0, 0.1) is 13.8 Å². The number of rotatable bonds is 17. The Hall–Kier alpha value is -6.86. The molecule has 19 nitrogen and oxygen atoms in total. The van der Waals surface area contributed by atoms with E-state index in [1.165, 1.54) is 0 Å². The van der Waals surface area contributed by atoms with Crippen molar-refractivity contribution in [2.75, 3.05) is 50.1 Å². The fourth-order valence-corrected chi connectivity index (χ4v) is 7.30. The van der Waals surface area contributed by atoms with Crippen molar-refractivity contribution in [2.45, 2.75) is 60.3 Å². The lowest BCUT2D eigenvalue weighted by Crippen LogP contribution is -2.41. The van der Waals surface area contributed by atoms with Gasteiger partial charge in [-0.05, 0) is 70.5 Å². The minimum Gasteiger partial charge on any atom is -0.491 e. The quantitative estimate of drug-likeness (QED) is 0.0512. The van der Waals surface area contributed by atoms with Crippen LogP contribution in [-0.2, 0) is 30.9 Å². The Morgan fingerprint density at radius 2 is 1.57 bits per heavy atom. The van der Waals surface area contributed by atoms with Gasteiger partial charge in [-0.15, -0.1) is 4.68 Å². The number of hydrogen-bond donors (Lipinski definition) is 5. The molecule has 1 saturated heterocycles.